The van der Waals surface area contributed by atoms with E-state index < -0.39 is 0 Å². The summed E-state index contributed by atoms with van der Waals surface area (Å²) in [6.07, 6.45) is 2.00. The number of anilines is 1. The van der Waals surface area contributed by atoms with Crippen LogP contribution in [0.1, 0.15) is 24.8 Å². The van der Waals surface area contributed by atoms with Crippen LogP contribution >= 0.6 is 0 Å². The molecule has 98 valence electrons. The summed E-state index contributed by atoms with van der Waals surface area (Å²) in [5.74, 6) is 1.97. The SMILES string of the molecule is c1ccc2c(c1)OCC(c1noc(NC3CC3)n1)O2. The molecule has 19 heavy (non-hydrogen) atoms. The number of fused-ring (bicyclic) bond motifs is 1. The summed E-state index contributed by atoms with van der Waals surface area (Å²) in [7, 11) is 0. The van der Waals surface area contributed by atoms with Gasteiger partial charge in [-0.15, -0.1) is 0 Å². The number of hydrogen-bond donors (Lipinski definition) is 1. The van der Waals surface area contributed by atoms with E-state index in [1.54, 1.807) is 0 Å². The van der Waals surface area contributed by atoms with E-state index in [4.69, 9.17) is 14.0 Å². The molecule has 1 N–H and O–H groups in total. The number of nitrogens with one attached hydrogen (secondary N) is 1. The van der Waals surface area contributed by atoms with Crippen molar-refractivity contribution in [3.63, 3.8) is 0 Å². The first-order chi connectivity index (χ1) is 9.38. The van der Waals surface area contributed by atoms with E-state index in [2.05, 4.69) is 15.5 Å². The minimum absolute atomic E-state index is 0.326. The topological polar surface area (TPSA) is 69.4 Å². The van der Waals surface area contributed by atoms with Crippen LogP contribution in [0.3, 0.4) is 0 Å². The average Bonchev–Trinajstić information content (AvgIpc) is 3.14. The summed E-state index contributed by atoms with van der Waals surface area (Å²) in [5.41, 5.74) is 0. The lowest BCUT2D eigenvalue weighted by Crippen LogP contribution is -2.22. The van der Waals surface area contributed by atoms with Crippen LogP contribution in [0, 0.1) is 0 Å². The monoisotopic (exact) mass is 259 g/mol. The number of rotatable bonds is 3. The molecule has 0 saturated heterocycles. The van der Waals surface area contributed by atoms with Gasteiger partial charge in [-0.2, -0.15) is 4.98 Å². The number of para-hydroxylation sites is 2. The molecule has 2 aromatic rings. The number of nitrogens with zero attached hydrogens (tertiary/aromatic N) is 2. The van der Waals surface area contributed by atoms with Crippen molar-refractivity contribution in [3.05, 3.63) is 30.1 Å². The Balaban J connectivity index is 1.52. The molecule has 0 spiro atoms. The Morgan fingerprint density at radius 1 is 1.16 bits per heavy atom. The molecule has 1 unspecified atom stereocenters. The van der Waals surface area contributed by atoms with E-state index in [-0.39, 0.29) is 6.10 Å². The fourth-order valence-corrected chi connectivity index (χ4v) is 1.97. The van der Waals surface area contributed by atoms with Crippen molar-refractivity contribution in [2.45, 2.75) is 25.0 Å². The van der Waals surface area contributed by atoms with Crippen LogP contribution in [0.25, 0.3) is 0 Å². The van der Waals surface area contributed by atoms with Gasteiger partial charge in [-0.1, -0.05) is 17.3 Å². The first-order valence-corrected chi connectivity index (χ1v) is 6.37. The van der Waals surface area contributed by atoms with Crippen LogP contribution in [0.4, 0.5) is 6.01 Å². The average molecular weight is 259 g/mol. The van der Waals surface area contributed by atoms with Crippen molar-refractivity contribution >= 4 is 6.01 Å². The molecule has 6 heteroatoms. The van der Waals surface area contributed by atoms with Crippen LogP contribution in [-0.2, 0) is 0 Å². The number of ether oxygens (including phenoxy) is 2. The second-order valence-electron chi connectivity index (χ2n) is 4.74. The third-order valence-electron chi connectivity index (χ3n) is 3.14. The summed E-state index contributed by atoms with van der Waals surface area (Å²) in [5, 5.41) is 7.10. The summed E-state index contributed by atoms with van der Waals surface area (Å²) >= 11 is 0. The Kier molecular flexibility index (Phi) is 2.33. The van der Waals surface area contributed by atoms with Crippen LogP contribution in [0.15, 0.2) is 28.8 Å². The Bertz CT molecular complexity index is 594. The molecule has 1 aliphatic carbocycles. The molecule has 1 aromatic carbocycles. The van der Waals surface area contributed by atoms with Gasteiger partial charge in [-0.25, -0.2) is 0 Å². The summed E-state index contributed by atoms with van der Waals surface area (Å²) < 4.78 is 16.6. The Morgan fingerprint density at radius 3 is 2.84 bits per heavy atom. The zero-order valence-corrected chi connectivity index (χ0v) is 10.2. The molecular formula is C13H13N3O3. The number of hydrogen-bond acceptors (Lipinski definition) is 6. The fourth-order valence-electron chi connectivity index (χ4n) is 1.97. The maximum atomic E-state index is 5.81. The van der Waals surface area contributed by atoms with E-state index in [1.807, 2.05) is 24.3 Å². The van der Waals surface area contributed by atoms with Crippen molar-refractivity contribution in [2.24, 2.45) is 0 Å². The summed E-state index contributed by atoms with van der Waals surface area (Å²) in [6, 6.07) is 8.50. The molecule has 1 saturated carbocycles. The highest BCUT2D eigenvalue weighted by Gasteiger charge is 2.28. The molecule has 0 bridgehead atoms. The maximum Gasteiger partial charge on any atom is 0.321 e. The quantitative estimate of drug-likeness (QED) is 0.910. The van der Waals surface area contributed by atoms with E-state index >= 15 is 0 Å². The van der Waals surface area contributed by atoms with Crippen LogP contribution in [-0.4, -0.2) is 22.8 Å². The van der Waals surface area contributed by atoms with Gasteiger partial charge < -0.3 is 19.3 Å². The predicted octanol–water partition coefficient (Wildman–Crippen LogP) is 2.16. The zero-order valence-electron chi connectivity index (χ0n) is 10.2. The molecule has 1 fully saturated rings. The van der Waals surface area contributed by atoms with Gasteiger partial charge in [0, 0.05) is 6.04 Å². The zero-order chi connectivity index (χ0) is 12.7. The van der Waals surface area contributed by atoms with E-state index in [9.17, 15) is 0 Å². The number of aromatic nitrogens is 2. The third-order valence-corrected chi connectivity index (χ3v) is 3.14. The lowest BCUT2D eigenvalue weighted by Gasteiger charge is -2.24. The molecular weight excluding hydrogens is 246 g/mol. The molecule has 2 heterocycles. The normalized spacial score (nSPS) is 21.2. The van der Waals surface area contributed by atoms with Gasteiger partial charge in [0.1, 0.15) is 6.61 Å². The van der Waals surface area contributed by atoms with E-state index in [1.165, 1.54) is 0 Å². The highest BCUT2D eigenvalue weighted by molar-refractivity contribution is 5.41. The standard InChI is InChI=1S/C13H13N3O3/c1-2-4-10-9(3-1)17-7-11(18-10)12-15-13(19-16-12)14-8-5-6-8/h1-4,8,11H,5-7H2,(H,14,15,16). The molecule has 4 rings (SSSR count). The minimum Gasteiger partial charge on any atom is -0.485 e. The molecule has 1 aromatic heterocycles. The molecule has 1 aliphatic heterocycles. The van der Waals surface area contributed by atoms with Gasteiger partial charge in [0.25, 0.3) is 0 Å². The molecule has 6 nitrogen and oxygen atoms in total. The second kappa shape index (κ2) is 4.15. The molecule has 1 atom stereocenters. The highest BCUT2D eigenvalue weighted by Crippen LogP contribution is 2.35. The van der Waals surface area contributed by atoms with Crippen molar-refractivity contribution < 1.29 is 14.0 Å². The Labute approximate surface area is 109 Å². The Morgan fingerprint density at radius 2 is 2.00 bits per heavy atom. The van der Waals surface area contributed by atoms with Gasteiger partial charge in [0.2, 0.25) is 5.82 Å². The van der Waals surface area contributed by atoms with E-state index in [0.717, 1.165) is 18.6 Å². The second-order valence-corrected chi connectivity index (χ2v) is 4.74. The van der Waals surface area contributed by atoms with Gasteiger partial charge in [0.15, 0.2) is 17.6 Å². The molecule has 0 radical (unpaired) electrons. The van der Waals surface area contributed by atoms with Gasteiger partial charge in [-0.3, -0.25) is 0 Å². The van der Waals surface area contributed by atoms with Gasteiger partial charge in [0.05, 0.1) is 0 Å². The Hall–Kier alpha value is -2.24. The van der Waals surface area contributed by atoms with Crippen molar-refractivity contribution in [3.8, 4) is 11.5 Å². The lowest BCUT2D eigenvalue weighted by atomic mass is 10.2. The smallest absolute Gasteiger partial charge is 0.321 e. The van der Waals surface area contributed by atoms with Gasteiger partial charge >= 0.3 is 6.01 Å². The largest absolute Gasteiger partial charge is 0.485 e. The van der Waals surface area contributed by atoms with Gasteiger partial charge in [-0.05, 0) is 25.0 Å². The number of benzene rings is 1. The third kappa shape index (κ3) is 2.09. The van der Waals surface area contributed by atoms with Crippen molar-refractivity contribution in [2.75, 3.05) is 11.9 Å². The highest BCUT2D eigenvalue weighted by atomic mass is 16.6. The van der Waals surface area contributed by atoms with E-state index in [0.29, 0.717) is 30.2 Å². The first kappa shape index (κ1) is 10.7. The molecule has 0 amide bonds. The van der Waals surface area contributed by atoms with Crippen LogP contribution < -0.4 is 14.8 Å². The minimum atomic E-state index is -0.326. The maximum absolute atomic E-state index is 5.81. The van der Waals surface area contributed by atoms with Crippen molar-refractivity contribution in [1.29, 1.82) is 0 Å². The summed E-state index contributed by atoms with van der Waals surface area (Å²) in [6.45, 7) is 0.388. The predicted molar refractivity (Wildman–Crippen MR) is 66.2 cm³/mol. The first-order valence-electron chi connectivity index (χ1n) is 6.37. The lowest BCUT2D eigenvalue weighted by molar-refractivity contribution is 0.0832. The van der Waals surface area contributed by atoms with Crippen molar-refractivity contribution in [1.82, 2.24) is 10.1 Å². The molecule has 2 aliphatic rings. The van der Waals surface area contributed by atoms with Crippen LogP contribution in [0.2, 0.25) is 0 Å². The summed E-state index contributed by atoms with van der Waals surface area (Å²) in [4.78, 5) is 4.29. The van der Waals surface area contributed by atoms with Crippen LogP contribution in [0.5, 0.6) is 11.5 Å². The fraction of sp³-hybridized carbons (Fsp3) is 0.385.